The zero-order chi connectivity index (χ0) is 16.9. The average Bonchev–Trinajstić information content (AvgIpc) is 3.12. The Kier molecular flexibility index (Phi) is 4.74. The van der Waals surface area contributed by atoms with Crippen LogP contribution in [0.4, 0.5) is 5.69 Å². The van der Waals surface area contributed by atoms with Crippen molar-refractivity contribution in [2.75, 3.05) is 18.4 Å². The fourth-order valence-corrected chi connectivity index (χ4v) is 3.47. The number of para-hydroxylation sites is 1. The van der Waals surface area contributed by atoms with E-state index >= 15 is 0 Å². The van der Waals surface area contributed by atoms with Crippen molar-refractivity contribution in [1.82, 2.24) is 19.4 Å². The molecule has 1 atom stereocenters. The van der Waals surface area contributed by atoms with Crippen molar-refractivity contribution in [3.05, 3.63) is 72.8 Å². The lowest BCUT2D eigenvalue weighted by atomic mass is 10.0. The molecule has 128 valence electrons. The average molecular weight is 333 g/mol. The molecule has 0 spiro atoms. The van der Waals surface area contributed by atoms with E-state index in [9.17, 15) is 0 Å². The van der Waals surface area contributed by atoms with Crippen molar-refractivity contribution >= 4 is 5.69 Å². The summed E-state index contributed by atoms with van der Waals surface area (Å²) in [5.74, 6) is 0.735. The molecule has 5 nitrogen and oxygen atoms in total. The summed E-state index contributed by atoms with van der Waals surface area (Å²) in [6, 6.07) is 17.0. The van der Waals surface area contributed by atoms with E-state index < -0.39 is 0 Å². The monoisotopic (exact) mass is 333 g/mol. The second-order valence-corrected chi connectivity index (χ2v) is 6.50. The number of likely N-dealkylation sites (tertiary alicyclic amines) is 1. The van der Waals surface area contributed by atoms with E-state index in [1.807, 2.05) is 12.3 Å². The Morgan fingerprint density at radius 3 is 2.68 bits per heavy atom. The van der Waals surface area contributed by atoms with Gasteiger partial charge in [-0.15, -0.1) is 0 Å². The number of nitrogens with one attached hydrogen (secondary N) is 1. The predicted octanol–water partition coefficient (Wildman–Crippen LogP) is 3.34. The zero-order valence-corrected chi connectivity index (χ0v) is 14.3. The summed E-state index contributed by atoms with van der Waals surface area (Å²) in [4.78, 5) is 11.2. The third-order valence-electron chi connectivity index (χ3n) is 4.64. The van der Waals surface area contributed by atoms with Gasteiger partial charge in [-0.25, -0.2) is 9.97 Å². The number of hydrogen-bond acceptors (Lipinski definition) is 4. The normalized spacial score (nSPS) is 18.2. The lowest BCUT2D eigenvalue weighted by Crippen LogP contribution is -2.41. The molecular formula is C20H23N5. The van der Waals surface area contributed by atoms with Gasteiger partial charge in [0.25, 0.3) is 0 Å². The summed E-state index contributed by atoms with van der Waals surface area (Å²) in [5.41, 5.74) is 2.43. The fourth-order valence-electron chi connectivity index (χ4n) is 3.47. The van der Waals surface area contributed by atoms with Crippen LogP contribution in [0.25, 0.3) is 5.95 Å². The number of benzene rings is 1. The summed E-state index contributed by atoms with van der Waals surface area (Å²) in [6.07, 6.45) is 8.04. The second kappa shape index (κ2) is 7.49. The van der Waals surface area contributed by atoms with E-state index in [1.54, 1.807) is 12.4 Å². The quantitative estimate of drug-likeness (QED) is 0.778. The van der Waals surface area contributed by atoms with Gasteiger partial charge in [0.1, 0.15) is 0 Å². The number of rotatable bonds is 5. The Bertz CT molecular complexity index is 784. The third-order valence-corrected chi connectivity index (χ3v) is 4.64. The van der Waals surface area contributed by atoms with Crippen LogP contribution in [0.1, 0.15) is 18.5 Å². The van der Waals surface area contributed by atoms with Gasteiger partial charge in [-0.1, -0.05) is 18.2 Å². The van der Waals surface area contributed by atoms with Crippen molar-refractivity contribution < 1.29 is 0 Å². The van der Waals surface area contributed by atoms with Crippen LogP contribution in [-0.4, -0.2) is 38.6 Å². The van der Waals surface area contributed by atoms with Crippen LogP contribution >= 0.6 is 0 Å². The van der Waals surface area contributed by atoms with Crippen molar-refractivity contribution in [3.63, 3.8) is 0 Å². The van der Waals surface area contributed by atoms with Crippen LogP contribution in [0, 0.1) is 0 Å². The molecule has 2 aromatic heterocycles. The van der Waals surface area contributed by atoms with Gasteiger partial charge in [0.15, 0.2) is 0 Å². The Labute approximate surface area is 148 Å². The summed E-state index contributed by atoms with van der Waals surface area (Å²) in [5, 5.41) is 3.66. The van der Waals surface area contributed by atoms with E-state index in [4.69, 9.17) is 0 Å². The molecule has 4 rings (SSSR count). The Hall–Kier alpha value is -2.66. The van der Waals surface area contributed by atoms with E-state index in [2.05, 4.69) is 67.2 Å². The molecular weight excluding hydrogens is 310 g/mol. The van der Waals surface area contributed by atoms with Gasteiger partial charge >= 0.3 is 0 Å². The van der Waals surface area contributed by atoms with Gasteiger partial charge in [0, 0.05) is 49.1 Å². The highest BCUT2D eigenvalue weighted by atomic mass is 15.2. The Balaban J connectivity index is 1.42. The molecule has 0 saturated carbocycles. The number of aromatic nitrogens is 3. The second-order valence-electron chi connectivity index (χ2n) is 6.50. The minimum Gasteiger partial charge on any atom is -0.381 e. The van der Waals surface area contributed by atoms with Gasteiger partial charge in [-0.05, 0) is 49.7 Å². The molecule has 0 unspecified atom stereocenters. The third kappa shape index (κ3) is 3.88. The first kappa shape index (κ1) is 15.8. The first-order valence-electron chi connectivity index (χ1n) is 8.86. The van der Waals surface area contributed by atoms with Gasteiger partial charge in [0.05, 0.1) is 0 Å². The first-order valence-corrected chi connectivity index (χ1v) is 8.86. The maximum Gasteiger partial charge on any atom is 0.233 e. The minimum absolute atomic E-state index is 0.493. The van der Waals surface area contributed by atoms with Crippen LogP contribution in [0.3, 0.4) is 0 Å². The highest BCUT2D eigenvalue weighted by Crippen LogP contribution is 2.19. The van der Waals surface area contributed by atoms with Gasteiger partial charge in [0.2, 0.25) is 5.95 Å². The maximum absolute atomic E-state index is 4.37. The van der Waals surface area contributed by atoms with E-state index in [0.717, 1.165) is 25.6 Å². The summed E-state index contributed by atoms with van der Waals surface area (Å²) in [6.45, 7) is 3.10. The van der Waals surface area contributed by atoms with Gasteiger partial charge < -0.3 is 5.32 Å². The number of anilines is 1. The van der Waals surface area contributed by atoms with Gasteiger partial charge in [-0.3, -0.25) is 9.47 Å². The maximum atomic E-state index is 4.37. The van der Waals surface area contributed by atoms with Crippen molar-refractivity contribution in [1.29, 1.82) is 0 Å². The molecule has 3 heterocycles. The molecule has 1 N–H and O–H groups in total. The van der Waals surface area contributed by atoms with Crippen LogP contribution < -0.4 is 5.32 Å². The van der Waals surface area contributed by atoms with Crippen LogP contribution in [0.5, 0.6) is 0 Å². The molecule has 25 heavy (non-hydrogen) atoms. The summed E-state index contributed by atoms with van der Waals surface area (Å²) >= 11 is 0. The molecule has 1 aliphatic rings. The SMILES string of the molecule is c1ccc(N[C@H]2CCCN(Cc3cccn3-c3ncccn3)C2)cc1. The molecule has 0 aliphatic carbocycles. The van der Waals surface area contributed by atoms with E-state index in [0.29, 0.717) is 6.04 Å². The number of nitrogens with zero attached hydrogens (tertiary/aromatic N) is 4. The molecule has 1 aromatic carbocycles. The molecule has 3 aromatic rings. The lowest BCUT2D eigenvalue weighted by Gasteiger charge is -2.33. The van der Waals surface area contributed by atoms with Crippen molar-refractivity contribution in [2.45, 2.75) is 25.4 Å². The fraction of sp³-hybridized carbons (Fsp3) is 0.300. The Morgan fingerprint density at radius 2 is 1.84 bits per heavy atom. The van der Waals surface area contributed by atoms with E-state index in [-0.39, 0.29) is 0 Å². The first-order chi connectivity index (χ1) is 12.4. The molecule has 1 saturated heterocycles. The van der Waals surface area contributed by atoms with Gasteiger partial charge in [-0.2, -0.15) is 0 Å². The van der Waals surface area contributed by atoms with Crippen molar-refractivity contribution in [3.8, 4) is 5.95 Å². The van der Waals surface area contributed by atoms with Crippen LogP contribution in [0.2, 0.25) is 0 Å². The summed E-state index contributed by atoms with van der Waals surface area (Å²) < 4.78 is 2.08. The predicted molar refractivity (Wildman–Crippen MR) is 99.7 cm³/mol. The highest BCUT2D eigenvalue weighted by molar-refractivity contribution is 5.43. The number of piperidine rings is 1. The molecule has 0 radical (unpaired) electrons. The largest absolute Gasteiger partial charge is 0.381 e. The van der Waals surface area contributed by atoms with Crippen molar-refractivity contribution in [2.24, 2.45) is 0 Å². The van der Waals surface area contributed by atoms with E-state index in [1.165, 1.54) is 24.2 Å². The Morgan fingerprint density at radius 1 is 1.00 bits per heavy atom. The molecule has 5 heteroatoms. The standard InChI is InChI=1S/C20H23N5/c1-2-7-17(8-3-1)23-18-9-4-13-24(15-18)16-19-10-5-14-25(19)20-21-11-6-12-22-20/h1-3,5-8,10-12,14,18,23H,4,9,13,15-16H2/t18-/m0/s1. The summed E-state index contributed by atoms with van der Waals surface area (Å²) in [7, 11) is 0. The number of hydrogen-bond donors (Lipinski definition) is 1. The molecule has 0 amide bonds. The van der Waals surface area contributed by atoms with Crippen LogP contribution in [-0.2, 0) is 6.54 Å². The zero-order valence-electron chi connectivity index (χ0n) is 14.3. The lowest BCUT2D eigenvalue weighted by molar-refractivity contribution is 0.205. The molecule has 1 fully saturated rings. The van der Waals surface area contributed by atoms with Crippen LogP contribution in [0.15, 0.2) is 67.1 Å². The highest BCUT2D eigenvalue weighted by Gasteiger charge is 2.21. The molecule has 1 aliphatic heterocycles. The minimum atomic E-state index is 0.493. The molecule has 0 bridgehead atoms. The topological polar surface area (TPSA) is 46.0 Å². The smallest absolute Gasteiger partial charge is 0.233 e.